The van der Waals surface area contributed by atoms with Gasteiger partial charge in [0.15, 0.2) is 0 Å². The first-order valence-corrected chi connectivity index (χ1v) is 4.75. The van der Waals surface area contributed by atoms with Crippen molar-refractivity contribution >= 4 is 34.2 Å². The zero-order chi connectivity index (χ0) is 8.43. The van der Waals surface area contributed by atoms with Gasteiger partial charge in [-0.3, -0.25) is 0 Å². The van der Waals surface area contributed by atoms with Crippen molar-refractivity contribution in [3.05, 3.63) is 31.9 Å². The van der Waals surface area contributed by atoms with Gasteiger partial charge in [-0.25, -0.2) is 0 Å². The van der Waals surface area contributed by atoms with Crippen molar-refractivity contribution in [2.45, 2.75) is 13.5 Å². The third kappa shape index (κ3) is 2.07. The Hall–Kier alpha value is 0.200. The molecule has 0 saturated heterocycles. The maximum Gasteiger partial charge on any atom is 0.0542 e. The molecule has 0 unspecified atom stereocenters. The van der Waals surface area contributed by atoms with E-state index >= 15 is 0 Å². The molecule has 3 heteroatoms. The summed E-state index contributed by atoms with van der Waals surface area (Å²) in [4.78, 5) is 0. The first kappa shape index (κ1) is 9.29. The number of nitrogens with two attached hydrogens (primary N) is 1. The van der Waals surface area contributed by atoms with Crippen LogP contribution in [-0.2, 0) is 6.54 Å². The first-order chi connectivity index (χ1) is 5.15. The Labute approximate surface area is 85.1 Å². The minimum Gasteiger partial charge on any atom is -0.326 e. The van der Waals surface area contributed by atoms with Crippen molar-refractivity contribution in [1.29, 1.82) is 0 Å². The van der Waals surface area contributed by atoms with E-state index in [1.165, 1.54) is 5.56 Å². The lowest BCUT2D eigenvalue weighted by molar-refractivity contribution is 1.05. The Bertz CT molecular complexity index is 273. The molecule has 2 N–H and O–H groups in total. The van der Waals surface area contributed by atoms with E-state index in [4.69, 9.17) is 17.3 Å². The molecule has 0 bridgehead atoms. The fraction of sp³-hybridized carbons (Fsp3) is 0.250. The number of hydrogen-bond donors (Lipinski definition) is 1. The van der Waals surface area contributed by atoms with E-state index in [0.717, 1.165) is 14.2 Å². The van der Waals surface area contributed by atoms with Crippen molar-refractivity contribution < 1.29 is 0 Å². The summed E-state index contributed by atoms with van der Waals surface area (Å²) in [5, 5.41) is 0.806. The summed E-state index contributed by atoms with van der Waals surface area (Å²) in [7, 11) is 0. The van der Waals surface area contributed by atoms with E-state index in [9.17, 15) is 0 Å². The molecule has 0 saturated carbocycles. The summed E-state index contributed by atoms with van der Waals surface area (Å²) in [6.07, 6.45) is 0. The number of halogens is 2. The molecule has 0 heterocycles. The van der Waals surface area contributed by atoms with E-state index < -0.39 is 0 Å². The summed E-state index contributed by atoms with van der Waals surface area (Å²) in [5.74, 6) is 0. The Morgan fingerprint density at radius 2 is 2.18 bits per heavy atom. The highest BCUT2D eigenvalue weighted by Gasteiger charge is 2.01. The van der Waals surface area contributed by atoms with Gasteiger partial charge in [0, 0.05) is 10.1 Å². The molecule has 0 fully saturated rings. The molecule has 0 aromatic heterocycles. The predicted molar refractivity (Wildman–Crippen MR) is 56.8 cm³/mol. The van der Waals surface area contributed by atoms with Gasteiger partial charge >= 0.3 is 0 Å². The van der Waals surface area contributed by atoms with Crippen LogP contribution < -0.4 is 5.73 Å². The summed E-state index contributed by atoms with van der Waals surface area (Å²) < 4.78 is 1.07. The van der Waals surface area contributed by atoms with Crippen molar-refractivity contribution in [2.75, 3.05) is 0 Å². The van der Waals surface area contributed by atoms with Gasteiger partial charge in [-0.1, -0.05) is 11.6 Å². The van der Waals surface area contributed by atoms with E-state index in [-0.39, 0.29) is 0 Å². The lowest BCUT2D eigenvalue weighted by Gasteiger charge is -2.04. The summed E-state index contributed by atoms with van der Waals surface area (Å²) >= 11 is 8.10. The second kappa shape index (κ2) is 3.74. The summed E-state index contributed by atoms with van der Waals surface area (Å²) in [6, 6.07) is 3.98. The van der Waals surface area contributed by atoms with E-state index in [1.807, 2.05) is 19.1 Å². The van der Waals surface area contributed by atoms with Gasteiger partial charge in [0.2, 0.25) is 0 Å². The van der Waals surface area contributed by atoms with Crippen molar-refractivity contribution in [3.8, 4) is 0 Å². The highest BCUT2D eigenvalue weighted by atomic mass is 127. The molecule has 0 atom stereocenters. The average Bonchev–Trinajstić information content (AvgIpc) is 1.97. The topological polar surface area (TPSA) is 26.0 Å². The van der Waals surface area contributed by atoms with E-state index in [0.29, 0.717) is 6.54 Å². The normalized spacial score (nSPS) is 10.2. The molecule has 11 heavy (non-hydrogen) atoms. The van der Waals surface area contributed by atoms with Crippen LogP contribution in [0.1, 0.15) is 11.1 Å². The van der Waals surface area contributed by atoms with Crippen LogP contribution in [-0.4, -0.2) is 0 Å². The average molecular weight is 282 g/mol. The van der Waals surface area contributed by atoms with Crippen LogP contribution >= 0.6 is 34.2 Å². The van der Waals surface area contributed by atoms with Crippen molar-refractivity contribution in [2.24, 2.45) is 5.73 Å². The molecular formula is C8H9ClIN. The predicted octanol–water partition coefficient (Wildman–Crippen LogP) is 2.71. The first-order valence-electron chi connectivity index (χ1n) is 3.29. The zero-order valence-electron chi connectivity index (χ0n) is 6.20. The van der Waals surface area contributed by atoms with Gasteiger partial charge < -0.3 is 5.73 Å². The molecule has 0 radical (unpaired) electrons. The van der Waals surface area contributed by atoms with E-state index in [2.05, 4.69) is 22.6 Å². The summed E-state index contributed by atoms with van der Waals surface area (Å²) in [6.45, 7) is 2.60. The van der Waals surface area contributed by atoms with Crippen LogP contribution in [0, 0.1) is 10.5 Å². The second-order valence-corrected chi connectivity index (χ2v) is 3.97. The number of benzene rings is 1. The number of aryl methyl sites for hydroxylation is 1. The van der Waals surface area contributed by atoms with Gasteiger partial charge in [-0.15, -0.1) is 0 Å². The Morgan fingerprint density at radius 3 is 2.73 bits per heavy atom. The van der Waals surface area contributed by atoms with Gasteiger partial charge in [-0.2, -0.15) is 0 Å². The Kier molecular flexibility index (Phi) is 3.16. The lowest BCUT2D eigenvalue weighted by atomic mass is 10.1. The summed E-state index contributed by atoms with van der Waals surface area (Å²) in [5.41, 5.74) is 7.85. The van der Waals surface area contributed by atoms with Crippen LogP contribution in [0.15, 0.2) is 12.1 Å². The fourth-order valence-electron chi connectivity index (χ4n) is 0.907. The number of hydrogen-bond acceptors (Lipinski definition) is 1. The fourth-order valence-corrected chi connectivity index (χ4v) is 1.66. The monoisotopic (exact) mass is 281 g/mol. The molecule has 60 valence electrons. The molecule has 1 nitrogen and oxygen atoms in total. The quantitative estimate of drug-likeness (QED) is 0.787. The second-order valence-electron chi connectivity index (χ2n) is 2.40. The molecule has 1 aromatic rings. The maximum absolute atomic E-state index is 5.89. The van der Waals surface area contributed by atoms with Crippen LogP contribution in [0.2, 0.25) is 5.02 Å². The zero-order valence-corrected chi connectivity index (χ0v) is 9.11. The maximum atomic E-state index is 5.89. The van der Waals surface area contributed by atoms with Crippen LogP contribution in [0.25, 0.3) is 0 Å². The highest BCUT2D eigenvalue weighted by Crippen LogP contribution is 2.22. The molecule has 1 rings (SSSR count). The van der Waals surface area contributed by atoms with Gasteiger partial charge in [0.1, 0.15) is 0 Å². The van der Waals surface area contributed by atoms with Crippen LogP contribution in [0.5, 0.6) is 0 Å². The molecule has 0 aliphatic heterocycles. The van der Waals surface area contributed by atoms with E-state index in [1.54, 1.807) is 0 Å². The van der Waals surface area contributed by atoms with Crippen molar-refractivity contribution in [3.63, 3.8) is 0 Å². The van der Waals surface area contributed by atoms with Gasteiger partial charge in [0.05, 0.1) is 5.02 Å². The molecule has 0 amide bonds. The molecule has 0 spiro atoms. The minimum absolute atomic E-state index is 0.582. The highest BCUT2D eigenvalue weighted by molar-refractivity contribution is 14.1. The lowest BCUT2D eigenvalue weighted by Crippen LogP contribution is -1.99. The van der Waals surface area contributed by atoms with Gasteiger partial charge in [0.25, 0.3) is 0 Å². The molecule has 0 aliphatic carbocycles. The third-order valence-corrected chi connectivity index (χ3v) is 3.12. The van der Waals surface area contributed by atoms with Gasteiger partial charge in [-0.05, 0) is 52.8 Å². The Balaban J connectivity index is 3.21. The molecular weight excluding hydrogens is 272 g/mol. The minimum atomic E-state index is 0.582. The SMILES string of the molecule is Cc1cc(Cl)c(I)cc1CN. The Morgan fingerprint density at radius 1 is 1.55 bits per heavy atom. The number of rotatable bonds is 1. The molecule has 0 aliphatic rings. The smallest absolute Gasteiger partial charge is 0.0542 e. The van der Waals surface area contributed by atoms with Crippen molar-refractivity contribution in [1.82, 2.24) is 0 Å². The standard InChI is InChI=1S/C8H9ClIN/c1-5-2-7(9)8(10)3-6(5)4-11/h2-3H,4,11H2,1H3. The largest absolute Gasteiger partial charge is 0.326 e. The van der Waals surface area contributed by atoms with Crippen LogP contribution in [0.3, 0.4) is 0 Å². The third-order valence-electron chi connectivity index (χ3n) is 1.60. The molecule has 1 aromatic carbocycles. The van der Waals surface area contributed by atoms with Crippen LogP contribution in [0.4, 0.5) is 0 Å².